The van der Waals surface area contributed by atoms with Crippen molar-refractivity contribution >= 4 is 28.2 Å². The molecular formula is C15H14BrFO4. The summed E-state index contributed by atoms with van der Waals surface area (Å²) in [6.07, 6.45) is 1.66. The summed E-state index contributed by atoms with van der Waals surface area (Å²) in [5.74, 6) is -4.40. The van der Waals surface area contributed by atoms with E-state index in [0.717, 1.165) is 10.0 Å². The molecule has 0 amide bonds. The lowest BCUT2D eigenvalue weighted by Crippen LogP contribution is -2.42. The number of ether oxygens (including phenoxy) is 2. The van der Waals surface area contributed by atoms with Gasteiger partial charge in [-0.25, -0.2) is 4.79 Å². The van der Waals surface area contributed by atoms with Gasteiger partial charge >= 0.3 is 11.8 Å². The number of hydrogen-bond acceptors (Lipinski definition) is 4. The Hall–Kier alpha value is -1.69. The van der Waals surface area contributed by atoms with Crippen molar-refractivity contribution < 1.29 is 23.5 Å². The van der Waals surface area contributed by atoms with Gasteiger partial charge in [0.2, 0.25) is 0 Å². The number of rotatable bonds is 4. The van der Waals surface area contributed by atoms with E-state index in [2.05, 4.69) is 15.9 Å². The van der Waals surface area contributed by atoms with E-state index < -0.39 is 17.7 Å². The second kappa shape index (κ2) is 6.39. The summed E-state index contributed by atoms with van der Waals surface area (Å²) < 4.78 is 25.1. The normalized spacial score (nSPS) is 24.7. The molecule has 0 fully saturated rings. The highest BCUT2D eigenvalue weighted by molar-refractivity contribution is 9.10. The summed E-state index contributed by atoms with van der Waals surface area (Å²) >= 11 is 3.32. The van der Waals surface area contributed by atoms with Gasteiger partial charge in [-0.05, 0) is 30.7 Å². The molecule has 2 rings (SSSR count). The highest BCUT2D eigenvalue weighted by atomic mass is 79.9. The third kappa shape index (κ3) is 3.50. The van der Waals surface area contributed by atoms with Crippen molar-refractivity contribution in [2.45, 2.75) is 25.1 Å². The van der Waals surface area contributed by atoms with Crippen LogP contribution in [0.25, 0.3) is 0 Å². The van der Waals surface area contributed by atoms with E-state index in [-0.39, 0.29) is 18.8 Å². The van der Waals surface area contributed by atoms with E-state index in [1.165, 1.54) is 6.08 Å². The lowest BCUT2D eigenvalue weighted by molar-refractivity contribution is -0.195. The molecule has 0 aromatic heterocycles. The van der Waals surface area contributed by atoms with E-state index in [1.54, 1.807) is 19.1 Å². The van der Waals surface area contributed by atoms with Gasteiger partial charge in [0.25, 0.3) is 0 Å². The zero-order valence-electron chi connectivity index (χ0n) is 11.3. The van der Waals surface area contributed by atoms with Gasteiger partial charge in [-0.1, -0.05) is 28.1 Å². The van der Waals surface area contributed by atoms with Gasteiger partial charge in [-0.2, -0.15) is 4.39 Å². The van der Waals surface area contributed by atoms with Crippen LogP contribution in [0, 0.1) is 0 Å². The summed E-state index contributed by atoms with van der Waals surface area (Å²) in [6, 6.07) is 7.21. The van der Waals surface area contributed by atoms with E-state index >= 15 is 0 Å². The Kier molecular flexibility index (Phi) is 4.77. The lowest BCUT2D eigenvalue weighted by Gasteiger charge is -2.31. The van der Waals surface area contributed by atoms with Gasteiger partial charge in [0.1, 0.15) is 0 Å². The van der Waals surface area contributed by atoms with E-state index in [4.69, 9.17) is 9.47 Å². The molecular weight excluding hydrogens is 343 g/mol. The molecule has 0 radical (unpaired) electrons. The molecule has 1 heterocycles. The fourth-order valence-corrected chi connectivity index (χ4v) is 2.42. The van der Waals surface area contributed by atoms with Crippen LogP contribution in [-0.4, -0.2) is 24.7 Å². The van der Waals surface area contributed by atoms with Crippen LogP contribution in [0.1, 0.15) is 24.8 Å². The molecule has 1 aromatic rings. The Morgan fingerprint density at radius 3 is 2.76 bits per heavy atom. The fraction of sp³-hybridized carbons (Fsp3) is 0.333. The maximum Gasteiger partial charge on any atom is 0.384 e. The molecule has 6 heteroatoms. The highest BCUT2D eigenvalue weighted by Gasteiger charge is 2.48. The Morgan fingerprint density at radius 2 is 2.19 bits per heavy atom. The first-order valence-electron chi connectivity index (χ1n) is 6.46. The average molecular weight is 357 g/mol. The second-order valence-electron chi connectivity index (χ2n) is 4.60. The standard InChI is InChI=1S/C15H14BrFO4/c1-2-20-14(19)15(17)8-11(7-13(9-18)21-15)10-3-5-12(16)6-4-10/h3-7,9,11H,2,8H2,1H3. The van der Waals surface area contributed by atoms with Gasteiger partial charge < -0.3 is 9.47 Å². The van der Waals surface area contributed by atoms with Crippen LogP contribution < -0.4 is 0 Å². The van der Waals surface area contributed by atoms with Crippen molar-refractivity contribution in [3.8, 4) is 0 Å². The number of esters is 1. The summed E-state index contributed by atoms with van der Waals surface area (Å²) in [6.45, 7) is 1.61. The van der Waals surface area contributed by atoms with E-state index in [0.29, 0.717) is 6.29 Å². The third-order valence-electron chi connectivity index (χ3n) is 3.12. The number of benzene rings is 1. The van der Waals surface area contributed by atoms with Gasteiger partial charge in [0, 0.05) is 16.8 Å². The van der Waals surface area contributed by atoms with Gasteiger partial charge in [0.05, 0.1) is 6.61 Å². The minimum Gasteiger partial charge on any atom is -0.461 e. The smallest absolute Gasteiger partial charge is 0.384 e. The number of aldehydes is 1. The number of carbonyl (C=O) groups excluding carboxylic acids is 2. The summed E-state index contributed by atoms with van der Waals surface area (Å²) in [5, 5.41) is 0. The SMILES string of the molecule is CCOC(=O)C1(F)CC(c2ccc(Br)cc2)C=C(C=O)O1. The van der Waals surface area contributed by atoms with Crippen LogP contribution in [0.3, 0.4) is 0 Å². The lowest BCUT2D eigenvalue weighted by atomic mass is 9.89. The molecule has 0 aliphatic carbocycles. The van der Waals surface area contributed by atoms with Crippen LogP contribution in [0.2, 0.25) is 0 Å². The molecule has 21 heavy (non-hydrogen) atoms. The van der Waals surface area contributed by atoms with Crippen LogP contribution >= 0.6 is 15.9 Å². The maximum atomic E-state index is 14.7. The van der Waals surface area contributed by atoms with E-state index in [1.807, 2.05) is 12.1 Å². The molecule has 1 aromatic carbocycles. The van der Waals surface area contributed by atoms with Crippen molar-refractivity contribution in [3.63, 3.8) is 0 Å². The Morgan fingerprint density at radius 1 is 1.52 bits per heavy atom. The molecule has 0 N–H and O–H groups in total. The average Bonchev–Trinajstić information content (AvgIpc) is 2.47. The van der Waals surface area contributed by atoms with Crippen molar-refractivity contribution in [1.82, 2.24) is 0 Å². The predicted molar refractivity (Wildman–Crippen MR) is 77.2 cm³/mol. The first-order chi connectivity index (χ1) is 9.98. The number of alkyl halides is 1. The molecule has 2 unspecified atom stereocenters. The van der Waals surface area contributed by atoms with Crippen LogP contribution in [0.4, 0.5) is 4.39 Å². The quantitative estimate of drug-likeness (QED) is 0.613. The Balaban J connectivity index is 2.32. The third-order valence-corrected chi connectivity index (χ3v) is 3.65. The summed E-state index contributed by atoms with van der Waals surface area (Å²) in [5.41, 5.74) is 0.784. The largest absolute Gasteiger partial charge is 0.461 e. The number of allylic oxidation sites excluding steroid dienone is 2. The minimum absolute atomic E-state index is 0.0386. The Labute approximate surface area is 130 Å². The summed E-state index contributed by atoms with van der Waals surface area (Å²) in [4.78, 5) is 22.7. The molecule has 0 saturated heterocycles. The maximum absolute atomic E-state index is 14.7. The van der Waals surface area contributed by atoms with Gasteiger partial charge in [-0.3, -0.25) is 4.79 Å². The molecule has 1 aliphatic rings. The molecule has 0 saturated carbocycles. The minimum atomic E-state index is -2.64. The molecule has 112 valence electrons. The van der Waals surface area contributed by atoms with Crippen molar-refractivity contribution in [2.24, 2.45) is 0 Å². The molecule has 4 nitrogen and oxygen atoms in total. The topological polar surface area (TPSA) is 52.6 Å². The van der Waals surface area contributed by atoms with E-state index in [9.17, 15) is 14.0 Å². The van der Waals surface area contributed by atoms with Gasteiger partial charge in [-0.15, -0.1) is 0 Å². The van der Waals surface area contributed by atoms with Crippen molar-refractivity contribution in [1.29, 1.82) is 0 Å². The molecule has 1 aliphatic heterocycles. The molecule has 2 atom stereocenters. The fourth-order valence-electron chi connectivity index (χ4n) is 2.15. The number of hydrogen-bond donors (Lipinski definition) is 0. The molecule has 0 spiro atoms. The van der Waals surface area contributed by atoms with Crippen LogP contribution in [0.5, 0.6) is 0 Å². The first-order valence-corrected chi connectivity index (χ1v) is 7.25. The summed E-state index contributed by atoms with van der Waals surface area (Å²) in [7, 11) is 0. The van der Waals surface area contributed by atoms with Crippen molar-refractivity contribution in [3.05, 3.63) is 46.1 Å². The Bertz CT molecular complexity index is 570. The van der Waals surface area contributed by atoms with Crippen LogP contribution in [0.15, 0.2) is 40.6 Å². The monoisotopic (exact) mass is 356 g/mol. The van der Waals surface area contributed by atoms with Crippen LogP contribution in [-0.2, 0) is 19.1 Å². The number of carbonyl (C=O) groups is 2. The van der Waals surface area contributed by atoms with Gasteiger partial charge in [0.15, 0.2) is 12.0 Å². The molecule has 0 bridgehead atoms. The first kappa shape index (κ1) is 15.7. The zero-order valence-corrected chi connectivity index (χ0v) is 12.9. The zero-order chi connectivity index (χ0) is 15.5. The number of halogens is 2. The highest BCUT2D eigenvalue weighted by Crippen LogP contribution is 2.38. The van der Waals surface area contributed by atoms with Crippen molar-refractivity contribution in [2.75, 3.05) is 6.61 Å². The second-order valence-corrected chi connectivity index (χ2v) is 5.52. The predicted octanol–water partition coefficient (Wildman–Crippen LogP) is 3.26.